The van der Waals surface area contributed by atoms with Crippen LogP contribution in [-0.4, -0.2) is 33.3 Å². The lowest BCUT2D eigenvalue weighted by molar-refractivity contribution is -0.136. The number of carboxylic acid groups (broad SMARTS) is 1. The highest BCUT2D eigenvalue weighted by Crippen LogP contribution is 2.17. The van der Waals surface area contributed by atoms with E-state index in [1.807, 2.05) is 0 Å². The summed E-state index contributed by atoms with van der Waals surface area (Å²) in [6.45, 7) is 1.93. The summed E-state index contributed by atoms with van der Waals surface area (Å²) in [6, 6.07) is 5.20. The highest BCUT2D eigenvalue weighted by Gasteiger charge is 2.22. The third-order valence-electron chi connectivity index (χ3n) is 2.41. The van der Waals surface area contributed by atoms with Gasteiger partial charge in [0.1, 0.15) is 5.56 Å². The van der Waals surface area contributed by atoms with Crippen LogP contribution in [0.1, 0.15) is 23.0 Å². The molecular formula is C12H12N2O4. The fraction of sp³-hybridized carbons (Fsp3) is 0.250. The first-order valence-corrected chi connectivity index (χ1v) is 5.48. The third-order valence-corrected chi connectivity index (χ3v) is 2.41. The van der Waals surface area contributed by atoms with E-state index in [1.165, 1.54) is 4.52 Å². The van der Waals surface area contributed by atoms with Crippen LogP contribution in [0.5, 0.6) is 0 Å². The third kappa shape index (κ3) is 2.17. The molecule has 2 rings (SSSR count). The molecule has 2 heterocycles. The minimum Gasteiger partial charge on any atom is -0.481 e. The van der Waals surface area contributed by atoms with Crippen LogP contribution in [0.2, 0.25) is 0 Å². The number of hydrogen-bond donors (Lipinski definition) is 1. The van der Waals surface area contributed by atoms with E-state index in [0.717, 1.165) is 0 Å². The number of nitrogens with zero attached hydrogens (tertiary/aromatic N) is 2. The standard InChI is InChI=1S/C12H12N2O4/c1-2-18-12(17)11-8(7-10(15)16)13-14-6-4-3-5-9(11)14/h3-6H,2,7H2,1H3,(H,15,16). The smallest absolute Gasteiger partial charge is 0.342 e. The van der Waals surface area contributed by atoms with Gasteiger partial charge in [-0.3, -0.25) is 4.79 Å². The Bertz CT molecular complexity index is 603. The number of ether oxygens (including phenoxy) is 1. The van der Waals surface area contributed by atoms with Gasteiger partial charge in [0.05, 0.1) is 24.2 Å². The second kappa shape index (κ2) is 4.87. The Morgan fingerprint density at radius 3 is 2.89 bits per heavy atom. The quantitative estimate of drug-likeness (QED) is 0.820. The molecule has 0 amide bonds. The predicted molar refractivity (Wildman–Crippen MR) is 62.5 cm³/mol. The molecule has 0 saturated carbocycles. The summed E-state index contributed by atoms with van der Waals surface area (Å²) in [4.78, 5) is 22.6. The molecule has 0 atom stereocenters. The van der Waals surface area contributed by atoms with E-state index < -0.39 is 11.9 Å². The summed E-state index contributed by atoms with van der Waals surface area (Å²) in [5, 5.41) is 12.9. The molecule has 6 nitrogen and oxygen atoms in total. The minimum atomic E-state index is -1.04. The van der Waals surface area contributed by atoms with E-state index in [0.29, 0.717) is 5.52 Å². The van der Waals surface area contributed by atoms with Crippen LogP contribution in [0.15, 0.2) is 24.4 Å². The van der Waals surface area contributed by atoms with Crippen molar-refractivity contribution in [2.75, 3.05) is 6.61 Å². The Hall–Kier alpha value is -2.37. The van der Waals surface area contributed by atoms with Crippen molar-refractivity contribution in [3.05, 3.63) is 35.7 Å². The summed E-state index contributed by atoms with van der Waals surface area (Å²) in [7, 11) is 0. The lowest BCUT2D eigenvalue weighted by Crippen LogP contribution is -2.10. The molecule has 0 aliphatic carbocycles. The van der Waals surface area contributed by atoms with Crippen LogP contribution < -0.4 is 0 Å². The van der Waals surface area contributed by atoms with Crippen molar-refractivity contribution in [2.24, 2.45) is 0 Å². The molecule has 0 saturated heterocycles. The largest absolute Gasteiger partial charge is 0.481 e. The van der Waals surface area contributed by atoms with E-state index >= 15 is 0 Å². The summed E-state index contributed by atoms with van der Waals surface area (Å²) < 4.78 is 6.41. The average molecular weight is 248 g/mol. The molecular weight excluding hydrogens is 236 g/mol. The second-order valence-corrected chi connectivity index (χ2v) is 3.64. The normalized spacial score (nSPS) is 10.5. The number of esters is 1. The number of carbonyl (C=O) groups is 2. The lowest BCUT2D eigenvalue weighted by Gasteiger charge is -2.01. The predicted octanol–water partition coefficient (Wildman–Crippen LogP) is 1.14. The number of aliphatic carboxylic acids is 1. The van der Waals surface area contributed by atoms with Gasteiger partial charge in [-0.25, -0.2) is 9.31 Å². The molecule has 0 spiro atoms. The number of carboxylic acids is 1. The monoisotopic (exact) mass is 248 g/mol. The molecule has 0 fully saturated rings. The van der Waals surface area contributed by atoms with Crippen molar-refractivity contribution < 1.29 is 19.4 Å². The van der Waals surface area contributed by atoms with Crippen molar-refractivity contribution in [3.63, 3.8) is 0 Å². The van der Waals surface area contributed by atoms with E-state index in [2.05, 4.69) is 5.10 Å². The molecule has 0 bridgehead atoms. The van der Waals surface area contributed by atoms with Gasteiger partial charge in [-0.2, -0.15) is 5.10 Å². The van der Waals surface area contributed by atoms with Gasteiger partial charge in [0.2, 0.25) is 0 Å². The van der Waals surface area contributed by atoms with Crippen LogP contribution in [0.25, 0.3) is 5.52 Å². The van der Waals surface area contributed by atoms with Gasteiger partial charge in [0, 0.05) is 6.20 Å². The molecule has 0 aliphatic heterocycles. The molecule has 0 radical (unpaired) electrons. The van der Waals surface area contributed by atoms with Gasteiger partial charge in [-0.15, -0.1) is 0 Å². The van der Waals surface area contributed by atoms with Crippen molar-refractivity contribution in [3.8, 4) is 0 Å². The fourth-order valence-electron chi connectivity index (χ4n) is 1.74. The van der Waals surface area contributed by atoms with Gasteiger partial charge in [-0.05, 0) is 19.1 Å². The molecule has 0 aromatic carbocycles. The molecule has 18 heavy (non-hydrogen) atoms. The number of rotatable bonds is 4. The number of hydrogen-bond acceptors (Lipinski definition) is 4. The van der Waals surface area contributed by atoms with E-state index in [9.17, 15) is 9.59 Å². The van der Waals surface area contributed by atoms with Crippen LogP contribution in [0.3, 0.4) is 0 Å². The molecule has 2 aromatic heterocycles. The topological polar surface area (TPSA) is 80.9 Å². The Morgan fingerprint density at radius 1 is 1.44 bits per heavy atom. The number of aromatic nitrogens is 2. The lowest BCUT2D eigenvalue weighted by atomic mass is 10.1. The summed E-state index contributed by atoms with van der Waals surface area (Å²) in [5.41, 5.74) is 0.985. The highest BCUT2D eigenvalue weighted by molar-refractivity contribution is 5.99. The maximum absolute atomic E-state index is 11.9. The summed E-state index contributed by atoms with van der Waals surface area (Å²) in [5.74, 6) is -1.58. The molecule has 94 valence electrons. The molecule has 0 aliphatic rings. The van der Waals surface area contributed by atoms with Crippen molar-refractivity contribution in [1.29, 1.82) is 0 Å². The van der Waals surface area contributed by atoms with Gasteiger partial charge in [0.15, 0.2) is 0 Å². The first-order valence-electron chi connectivity index (χ1n) is 5.48. The fourth-order valence-corrected chi connectivity index (χ4v) is 1.74. The Balaban J connectivity index is 2.57. The first-order chi connectivity index (χ1) is 8.63. The number of fused-ring (bicyclic) bond motifs is 1. The number of pyridine rings is 1. The van der Waals surface area contributed by atoms with Crippen LogP contribution in [0, 0.1) is 0 Å². The van der Waals surface area contributed by atoms with Crippen molar-refractivity contribution >= 4 is 17.5 Å². The highest BCUT2D eigenvalue weighted by atomic mass is 16.5. The maximum Gasteiger partial charge on any atom is 0.342 e. The molecule has 2 aromatic rings. The van der Waals surface area contributed by atoms with Gasteiger partial charge >= 0.3 is 11.9 Å². The SMILES string of the molecule is CCOC(=O)c1c(CC(=O)O)nn2ccccc12. The van der Waals surface area contributed by atoms with Crippen LogP contribution in [0.4, 0.5) is 0 Å². The van der Waals surface area contributed by atoms with Crippen LogP contribution in [-0.2, 0) is 16.0 Å². The average Bonchev–Trinajstić information content (AvgIpc) is 2.66. The zero-order chi connectivity index (χ0) is 13.1. The molecule has 0 unspecified atom stereocenters. The van der Waals surface area contributed by atoms with E-state index in [-0.39, 0.29) is 24.3 Å². The van der Waals surface area contributed by atoms with Gasteiger partial charge in [-0.1, -0.05) is 6.07 Å². The van der Waals surface area contributed by atoms with E-state index in [1.54, 1.807) is 31.3 Å². The Labute approximate surface area is 103 Å². The Morgan fingerprint density at radius 2 is 2.22 bits per heavy atom. The van der Waals surface area contributed by atoms with Gasteiger partial charge < -0.3 is 9.84 Å². The summed E-state index contributed by atoms with van der Waals surface area (Å²) in [6.07, 6.45) is 1.35. The Kier molecular flexibility index (Phi) is 3.27. The second-order valence-electron chi connectivity index (χ2n) is 3.64. The van der Waals surface area contributed by atoms with Crippen LogP contribution >= 0.6 is 0 Å². The van der Waals surface area contributed by atoms with Crippen molar-refractivity contribution in [2.45, 2.75) is 13.3 Å². The summed E-state index contributed by atoms with van der Waals surface area (Å²) >= 11 is 0. The van der Waals surface area contributed by atoms with Gasteiger partial charge in [0.25, 0.3) is 0 Å². The molecule has 1 N–H and O–H groups in total. The first kappa shape index (κ1) is 12.1. The van der Waals surface area contributed by atoms with Crippen molar-refractivity contribution in [1.82, 2.24) is 9.61 Å². The number of carbonyl (C=O) groups excluding carboxylic acids is 1. The minimum absolute atomic E-state index is 0.215. The van der Waals surface area contributed by atoms with E-state index in [4.69, 9.17) is 9.84 Å². The molecule has 6 heteroatoms. The maximum atomic E-state index is 11.9. The zero-order valence-electron chi connectivity index (χ0n) is 9.79. The zero-order valence-corrected chi connectivity index (χ0v) is 9.79.